The highest BCUT2D eigenvalue weighted by atomic mass is 16.4. The lowest BCUT2D eigenvalue weighted by atomic mass is 10.0. The van der Waals surface area contributed by atoms with E-state index in [0.29, 0.717) is 0 Å². The third-order valence-corrected chi connectivity index (χ3v) is 3.02. The van der Waals surface area contributed by atoms with Crippen LogP contribution in [0.1, 0.15) is 17.4 Å². The summed E-state index contributed by atoms with van der Waals surface area (Å²) in [4.78, 5) is 22.6. The lowest BCUT2D eigenvalue weighted by Gasteiger charge is -2.19. The normalized spacial score (nSPS) is 13.5. The number of rotatable bonds is 7. The molecule has 0 aliphatic carbocycles. The molecule has 1 unspecified atom stereocenters. The fraction of sp³-hybridized carbons (Fsp3) is 0.200. The first-order chi connectivity index (χ1) is 10.1. The van der Waals surface area contributed by atoms with E-state index < -0.39 is 24.0 Å². The fourth-order valence-corrected chi connectivity index (χ4v) is 2.00. The Morgan fingerprint density at radius 3 is 2.29 bits per heavy atom. The van der Waals surface area contributed by atoms with E-state index in [1.165, 1.54) is 12.3 Å². The van der Waals surface area contributed by atoms with Gasteiger partial charge in [0.15, 0.2) is 6.04 Å². The van der Waals surface area contributed by atoms with Crippen molar-refractivity contribution in [2.24, 2.45) is 0 Å². The molecule has 0 amide bonds. The van der Waals surface area contributed by atoms with Crippen LogP contribution < -0.4 is 5.32 Å². The molecule has 1 aromatic carbocycles. The number of nitrogens with one attached hydrogen (secondary N) is 1. The molecule has 110 valence electrons. The summed E-state index contributed by atoms with van der Waals surface area (Å²) in [5.41, 5.74) is 0.806. The number of hydrogen-bond acceptors (Lipinski definition) is 4. The van der Waals surface area contributed by atoms with E-state index in [1.807, 2.05) is 6.07 Å². The van der Waals surface area contributed by atoms with Crippen molar-refractivity contribution in [2.75, 3.05) is 0 Å². The van der Waals surface area contributed by atoms with Gasteiger partial charge in [-0.25, -0.2) is 0 Å². The van der Waals surface area contributed by atoms with E-state index in [-0.39, 0.29) is 12.2 Å². The molecule has 0 aliphatic rings. The molecule has 6 nitrogen and oxygen atoms in total. The topological polar surface area (TPSA) is 99.8 Å². The van der Waals surface area contributed by atoms with Crippen LogP contribution in [-0.4, -0.2) is 28.2 Å². The zero-order valence-electron chi connectivity index (χ0n) is 11.1. The van der Waals surface area contributed by atoms with Gasteiger partial charge in [0.2, 0.25) is 0 Å². The standard InChI is InChI=1S/C15H15NO5/c17-14(18)11(9-10-5-2-1-3-6-10)16-13(15(19)20)12-7-4-8-21-12/h1-8,11,13,16H,9H2,(H,17,18)(H,19,20)/t11-,13?/m1/s1. The molecule has 1 aromatic heterocycles. The largest absolute Gasteiger partial charge is 0.480 e. The van der Waals surface area contributed by atoms with Gasteiger partial charge in [-0.2, -0.15) is 0 Å². The van der Waals surface area contributed by atoms with Crippen LogP contribution in [0.25, 0.3) is 0 Å². The highest BCUT2D eigenvalue weighted by Crippen LogP contribution is 2.16. The first kappa shape index (κ1) is 14.8. The first-order valence-electron chi connectivity index (χ1n) is 6.37. The second-order valence-corrected chi connectivity index (χ2v) is 4.53. The quantitative estimate of drug-likeness (QED) is 0.717. The highest BCUT2D eigenvalue weighted by Gasteiger charge is 2.29. The smallest absolute Gasteiger partial charge is 0.328 e. The van der Waals surface area contributed by atoms with E-state index >= 15 is 0 Å². The minimum atomic E-state index is -1.20. The summed E-state index contributed by atoms with van der Waals surface area (Å²) in [5.74, 6) is -2.14. The summed E-state index contributed by atoms with van der Waals surface area (Å²) in [6.45, 7) is 0. The maximum absolute atomic E-state index is 11.3. The molecule has 3 N–H and O–H groups in total. The fourth-order valence-electron chi connectivity index (χ4n) is 2.00. The molecule has 2 aromatic rings. The molecule has 0 bridgehead atoms. The van der Waals surface area contributed by atoms with Crippen LogP contribution in [0.15, 0.2) is 53.1 Å². The van der Waals surface area contributed by atoms with Crippen LogP contribution in [0, 0.1) is 0 Å². The van der Waals surface area contributed by atoms with Gasteiger partial charge in [0.05, 0.1) is 6.26 Å². The summed E-state index contributed by atoms with van der Waals surface area (Å²) in [7, 11) is 0. The van der Waals surface area contributed by atoms with E-state index in [1.54, 1.807) is 30.3 Å². The molecule has 0 saturated carbocycles. The molecule has 0 fully saturated rings. The molecule has 6 heteroatoms. The van der Waals surface area contributed by atoms with E-state index in [2.05, 4.69) is 5.32 Å². The van der Waals surface area contributed by atoms with Gasteiger partial charge in [-0.15, -0.1) is 0 Å². The van der Waals surface area contributed by atoms with Crippen molar-refractivity contribution >= 4 is 11.9 Å². The van der Waals surface area contributed by atoms with Gasteiger partial charge < -0.3 is 14.6 Å². The second-order valence-electron chi connectivity index (χ2n) is 4.53. The molecular weight excluding hydrogens is 274 g/mol. The summed E-state index contributed by atoms with van der Waals surface area (Å²) in [6.07, 6.45) is 1.53. The van der Waals surface area contributed by atoms with Crippen molar-refractivity contribution in [2.45, 2.75) is 18.5 Å². The van der Waals surface area contributed by atoms with Crippen molar-refractivity contribution in [3.8, 4) is 0 Å². The molecular formula is C15H15NO5. The van der Waals surface area contributed by atoms with Gasteiger partial charge in [-0.1, -0.05) is 30.3 Å². The number of furan rings is 1. The highest BCUT2D eigenvalue weighted by molar-refractivity contribution is 5.78. The maximum atomic E-state index is 11.3. The van der Waals surface area contributed by atoms with Crippen molar-refractivity contribution < 1.29 is 24.2 Å². The van der Waals surface area contributed by atoms with Gasteiger partial charge in [0.1, 0.15) is 11.8 Å². The Morgan fingerprint density at radius 1 is 1.05 bits per heavy atom. The van der Waals surface area contributed by atoms with Crippen LogP contribution in [0.2, 0.25) is 0 Å². The van der Waals surface area contributed by atoms with Gasteiger partial charge in [0.25, 0.3) is 0 Å². The molecule has 0 aliphatic heterocycles. The number of hydrogen-bond donors (Lipinski definition) is 3. The Kier molecular flexibility index (Phi) is 4.73. The Bertz CT molecular complexity index is 594. The van der Waals surface area contributed by atoms with Crippen LogP contribution in [0.3, 0.4) is 0 Å². The van der Waals surface area contributed by atoms with Crippen molar-refractivity contribution in [3.63, 3.8) is 0 Å². The van der Waals surface area contributed by atoms with Crippen molar-refractivity contribution in [3.05, 3.63) is 60.1 Å². The van der Waals surface area contributed by atoms with Crippen LogP contribution >= 0.6 is 0 Å². The van der Waals surface area contributed by atoms with Crippen LogP contribution in [0.5, 0.6) is 0 Å². The first-order valence-corrected chi connectivity index (χ1v) is 6.37. The molecule has 0 saturated heterocycles. The number of carboxylic acid groups (broad SMARTS) is 2. The minimum Gasteiger partial charge on any atom is -0.480 e. The monoisotopic (exact) mass is 289 g/mol. The predicted molar refractivity (Wildman–Crippen MR) is 73.8 cm³/mol. The molecule has 2 atom stereocenters. The number of carboxylic acids is 2. The van der Waals surface area contributed by atoms with E-state index in [0.717, 1.165) is 5.56 Å². The average Bonchev–Trinajstić information content (AvgIpc) is 2.97. The van der Waals surface area contributed by atoms with Crippen molar-refractivity contribution in [1.82, 2.24) is 5.32 Å². The number of aliphatic carboxylic acids is 2. The minimum absolute atomic E-state index is 0.168. The van der Waals surface area contributed by atoms with Gasteiger partial charge in [0, 0.05) is 0 Å². The third kappa shape index (κ3) is 3.93. The molecule has 1 heterocycles. The lowest BCUT2D eigenvalue weighted by molar-refractivity contribution is -0.143. The Morgan fingerprint density at radius 2 is 1.76 bits per heavy atom. The number of benzene rings is 1. The van der Waals surface area contributed by atoms with Crippen LogP contribution in [-0.2, 0) is 16.0 Å². The molecule has 21 heavy (non-hydrogen) atoms. The summed E-state index contributed by atoms with van der Waals surface area (Å²) in [6, 6.07) is 9.83. The second kappa shape index (κ2) is 6.71. The van der Waals surface area contributed by atoms with Gasteiger partial charge >= 0.3 is 11.9 Å². The molecule has 0 spiro atoms. The third-order valence-electron chi connectivity index (χ3n) is 3.02. The number of carbonyl (C=O) groups is 2. The molecule has 0 radical (unpaired) electrons. The lowest BCUT2D eigenvalue weighted by Crippen LogP contribution is -2.43. The zero-order chi connectivity index (χ0) is 15.2. The Hall–Kier alpha value is -2.60. The maximum Gasteiger partial charge on any atom is 0.328 e. The van der Waals surface area contributed by atoms with E-state index in [4.69, 9.17) is 4.42 Å². The Balaban J connectivity index is 2.15. The average molecular weight is 289 g/mol. The van der Waals surface area contributed by atoms with Crippen LogP contribution in [0.4, 0.5) is 0 Å². The van der Waals surface area contributed by atoms with Crippen molar-refractivity contribution in [1.29, 1.82) is 0 Å². The van der Waals surface area contributed by atoms with E-state index in [9.17, 15) is 19.8 Å². The summed E-state index contributed by atoms with van der Waals surface area (Å²) in [5, 5.41) is 21.1. The van der Waals surface area contributed by atoms with Gasteiger partial charge in [-0.3, -0.25) is 14.9 Å². The van der Waals surface area contributed by atoms with Gasteiger partial charge in [-0.05, 0) is 24.1 Å². The predicted octanol–water partition coefficient (Wildman–Crippen LogP) is 1.69. The zero-order valence-corrected chi connectivity index (χ0v) is 11.1. The summed E-state index contributed by atoms with van der Waals surface area (Å²) < 4.78 is 5.05. The SMILES string of the molecule is O=C(O)C(N[C@H](Cc1ccccc1)C(=O)O)c1ccco1. The summed E-state index contributed by atoms with van der Waals surface area (Å²) >= 11 is 0. The molecule has 2 rings (SSSR count). The Labute approximate surface area is 121 Å².